The Balaban J connectivity index is 1.49. The molecule has 3 aromatic rings. The molecule has 1 atom stereocenters. The first kappa shape index (κ1) is 21.0. The summed E-state index contributed by atoms with van der Waals surface area (Å²) in [7, 11) is 1.41. The molecular formula is C23H22FN3O3S. The van der Waals surface area contributed by atoms with E-state index in [4.69, 9.17) is 4.74 Å². The van der Waals surface area contributed by atoms with Crippen molar-refractivity contribution in [2.45, 2.75) is 25.8 Å². The van der Waals surface area contributed by atoms with Crippen molar-refractivity contribution in [2.75, 3.05) is 19.0 Å². The van der Waals surface area contributed by atoms with Crippen LogP contribution in [0.15, 0.2) is 47.8 Å². The molecule has 1 aliphatic rings. The number of amides is 2. The summed E-state index contributed by atoms with van der Waals surface area (Å²) in [6.07, 6.45) is 0.921. The summed E-state index contributed by atoms with van der Waals surface area (Å²) in [5.41, 5.74) is 3.33. The van der Waals surface area contributed by atoms with Gasteiger partial charge in [-0.2, -0.15) is 0 Å². The molecular weight excluding hydrogens is 417 g/mol. The lowest BCUT2D eigenvalue weighted by Gasteiger charge is -2.36. The second-order valence-corrected chi connectivity index (χ2v) is 8.17. The number of rotatable bonds is 5. The smallest absolute Gasteiger partial charge is 0.228 e. The molecule has 1 unspecified atom stereocenters. The lowest BCUT2D eigenvalue weighted by Crippen LogP contribution is -2.40. The number of nitrogens with one attached hydrogen (secondary N) is 1. The van der Waals surface area contributed by atoms with Crippen LogP contribution in [0.3, 0.4) is 0 Å². The first-order valence-electron chi connectivity index (χ1n) is 9.90. The first-order chi connectivity index (χ1) is 15.0. The number of carbonyl (C=O) groups excluding carboxylic acids is 2. The predicted molar refractivity (Wildman–Crippen MR) is 118 cm³/mol. The normalized spacial score (nSPS) is 15.3. The molecule has 31 heavy (non-hydrogen) atoms. The lowest BCUT2D eigenvalue weighted by molar-refractivity contribution is -0.132. The maximum atomic E-state index is 14.0. The van der Waals surface area contributed by atoms with Crippen LogP contribution in [0.5, 0.6) is 5.75 Å². The third kappa shape index (κ3) is 4.44. The number of nitrogens with zero attached hydrogens (tertiary/aromatic N) is 2. The molecule has 0 aliphatic carbocycles. The minimum Gasteiger partial charge on any atom is -0.494 e. The third-order valence-corrected chi connectivity index (χ3v) is 6.15. The fraction of sp³-hybridized carbons (Fsp3) is 0.261. The monoisotopic (exact) mass is 439 g/mol. The molecule has 1 aromatic heterocycles. The molecule has 4 rings (SSSR count). The first-order valence-corrected chi connectivity index (χ1v) is 10.8. The van der Waals surface area contributed by atoms with Crippen LogP contribution in [-0.2, 0) is 16.0 Å². The predicted octanol–water partition coefficient (Wildman–Crippen LogP) is 4.43. The fourth-order valence-electron chi connectivity index (χ4n) is 3.88. The average molecular weight is 440 g/mol. The van der Waals surface area contributed by atoms with E-state index < -0.39 is 5.82 Å². The van der Waals surface area contributed by atoms with Crippen LogP contribution in [0.2, 0.25) is 0 Å². The number of thiazole rings is 1. The number of halogens is 1. The Labute approximate surface area is 183 Å². The van der Waals surface area contributed by atoms with Crippen molar-refractivity contribution in [3.8, 4) is 17.0 Å². The van der Waals surface area contributed by atoms with Crippen LogP contribution < -0.4 is 10.1 Å². The minimum atomic E-state index is -0.473. The molecule has 1 aliphatic heterocycles. The van der Waals surface area contributed by atoms with Crippen LogP contribution in [-0.4, -0.2) is 35.4 Å². The van der Waals surface area contributed by atoms with Crippen molar-refractivity contribution < 1.29 is 18.7 Å². The molecule has 0 spiro atoms. The van der Waals surface area contributed by atoms with Crippen molar-refractivity contribution >= 4 is 28.3 Å². The van der Waals surface area contributed by atoms with Gasteiger partial charge in [0.2, 0.25) is 11.8 Å². The van der Waals surface area contributed by atoms with Crippen molar-refractivity contribution in [3.05, 3.63) is 64.8 Å². The van der Waals surface area contributed by atoms with Crippen LogP contribution in [0.25, 0.3) is 11.3 Å². The summed E-state index contributed by atoms with van der Waals surface area (Å²) >= 11 is 1.27. The highest BCUT2D eigenvalue weighted by molar-refractivity contribution is 7.14. The van der Waals surface area contributed by atoms with E-state index in [9.17, 15) is 14.0 Å². The van der Waals surface area contributed by atoms with Crippen molar-refractivity contribution in [2.24, 2.45) is 0 Å². The number of hydrogen-bond donors (Lipinski definition) is 1. The molecule has 1 N–H and O–H groups in total. The van der Waals surface area contributed by atoms with Gasteiger partial charge in [-0.15, -0.1) is 11.3 Å². The summed E-state index contributed by atoms with van der Waals surface area (Å²) in [6.45, 7) is 2.12. The van der Waals surface area contributed by atoms with E-state index in [0.29, 0.717) is 22.9 Å². The molecule has 0 bridgehead atoms. The number of hydrogen-bond acceptors (Lipinski definition) is 5. The molecule has 6 nitrogen and oxygen atoms in total. The van der Waals surface area contributed by atoms with Gasteiger partial charge in [0.1, 0.15) is 0 Å². The van der Waals surface area contributed by atoms with E-state index in [-0.39, 0.29) is 30.0 Å². The van der Waals surface area contributed by atoms with Gasteiger partial charge in [-0.05, 0) is 35.7 Å². The Hall–Kier alpha value is -3.26. The van der Waals surface area contributed by atoms with Crippen molar-refractivity contribution in [1.82, 2.24) is 9.88 Å². The van der Waals surface area contributed by atoms with Crippen LogP contribution in [0.4, 0.5) is 9.52 Å². The molecule has 0 saturated carbocycles. The molecule has 160 valence electrons. The Morgan fingerprint density at radius 1 is 1.29 bits per heavy atom. The van der Waals surface area contributed by atoms with Gasteiger partial charge in [-0.3, -0.25) is 9.59 Å². The second-order valence-electron chi connectivity index (χ2n) is 7.32. The zero-order valence-corrected chi connectivity index (χ0v) is 18.0. The van der Waals surface area contributed by atoms with Crippen molar-refractivity contribution in [3.63, 3.8) is 0 Å². The maximum absolute atomic E-state index is 14.0. The molecule has 2 aromatic carbocycles. The Bertz CT molecular complexity index is 1130. The van der Waals surface area contributed by atoms with Crippen LogP contribution in [0, 0.1) is 5.82 Å². The second kappa shape index (κ2) is 8.85. The zero-order valence-electron chi connectivity index (χ0n) is 17.2. The van der Waals surface area contributed by atoms with Crippen LogP contribution >= 0.6 is 11.3 Å². The number of carbonyl (C=O) groups is 2. The number of fused-ring (bicyclic) bond motifs is 1. The van der Waals surface area contributed by atoms with Gasteiger partial charge < -0.3 is 15.0 Å². The van der Waals surface area contributed by atoms with E-state index in [2.05, 4.69) is 10.3 Å². The molecule has 8 heteroatoms. The molecule has 2 amide bonds. The summed E-state index contributed by atoms with van der Waals surface area (Å²) in [5, 5.41) is 5.00. The quantitative estimate of drug-likeness (QED) is 0.638. The topological polar surface area (TPSA) is 71.5 Å². The number of aromatic nitrogens is 1. The Kier molecular flexibility index (Phi) is 5.99. The van der Waals surface area contributed by atoms with Gasteiger partial charge in [-0.1, -0.05) is 24.3 Å². The van der Waals surface area contributed by atoms with E-state index in [0.717, 1.165) is 17.5 Å². The zero-order chi connectivity index (χ0) is 22.0. The molecule has 0 saturated heterocycles. The standard InChI is InChI=1S/C23H22FN3O3S/c1-14(28)27-10-9-15-5-3-4-6-17(15)20(27)12-22(29)26-23-25-19(13-31-23)16-7-8-21(30-2)18(24)11-16/h3-8,11,13,20H,9-10,12H2,1-2H3,(H,25,26,29). The summed E-state index contributed by atoms with van der Waals surface area (Å²) in [6, 6.07) is 12.2. The minimum absolute atomic E-state index is 0.0506. The largest absolute Gasteiger partial charge is 0.494 e. The number of ether oxygens (including phenoxy) is 1. The number of methoxy groups -OCH3 is 1. The molecule has 0 fully saturated rings. The highest BCUT2D eigenvalue weighted by atomic mass is 32.1. The maximum Gasteiger partial charge on any atom is 0.228 e. The van der Waals surface area contributed by atoms with Gasteiger partial charge in [0.25, 0.3) is 0 Å². The number of benzene rings is 2. The van der Waals surface area contributed by atoms with E-state index >= 15 is 0 Å². The van der Waals surface area contributed by atoms with E-state index in [1.54, 1.807) is 22.4 Å². The SMILES string of the molecule is COc1ccc(-c2csc(NC(=O)CC3c4ccccc4CCN3C(C)=O)n2)cc1F. The average Bonchev–Trinajstić information content (AvgIpc) is 3.22. The summed E-state index contributed by atoms with van der Waals surface area (Å²) < 4.78 is 18.9. The van der Waals surface area contributed by atoms with Gasteiger partial charge in [0.05, 0.1) is 25.3 Å². The highest BCUT2D eigenvalue weighted by Crippen LogP contribution is 2.33. The molecule has 2 heterocycles. The highest BCUT2D eigenvalue weighted by Gasteiger charge is 2.30. The summed E-state index contributed by atoms with van der Waals surface area (Å²) in [4.78, 5) is 31.1. The van der Waals surface area contributed by atoms with Gasteiger partial charge in [0, 0.05) is 24.4 Å². The van der Waals surface area contributed by atoms with Gasteiger partial charge >= 0.3 is 0 Å². The fourth-order valence-corrected chi connectivity index (χ4v) is 4.62. The number of anilines is 1. The van der Waals surface area contributed by atoms with Crippen LogP contribution in [0.1, 0.15) is 30.5 Å². The third-order valence-electron chi connectivity index (χ3n) is 5.39. The van der Waals surface area contributed by atoms with Crippen molar-refractivity contribution in [1.29, 1.82) is 0 Å². The Morgan fingerprint density at radius 2 is 2.10 bits per heavy atom. The van der Waals surface area contributed by atoms with E-state index in [1.165, 1.54) is 31.4 Å². The summed E-state index contributed by atoms with van der Waals surface area (Å²) in [5.74, 6) is -0.589. The van der Waals surface area contributed by atoms with Gasteiger partial charge in [-0.25, -0.2) is 9.37 Å². The van der Waals surface area contributed by atoms with Gasteiger partial charge in [0.15, 0.2) is 16.7 Å². The Morgan fingerprint density at radius 3 is 2.84 bits per heavy atom. The lowest BCUT2D eigenvalue weighted by atomic mass is 9.90. The van der Waals surface area contributed by atoms with E-state index in [1.807, 2.05) is 24.3 Å². The molecule has 0 radical (unpaired) electrons.